The fourth-order valence-electron chi connectivity index (χ4n) is 8.57. The number of anilines is 3. The minimum absolute atomic E-state index is 0.109. The van der Waals surface area contributed by atoms with Gasteiger partial charge in [0.2, 0.25) is 0 Å². The second kappa shape index (κ2) is 18.8. The summed E-state index contributed by atoms with van der Waals surface area (Å²) in [6.07, 6.45) is 14.6. The van der Waals surface area contributed by atoms with Crippen LogP contribution in [0.3, 0.4) is 0 Å². The van der Waals surface area contributed by atoms with Crippen molar-refractivity contribution >= 4 is 78.7 Å². The third-order valence-corrected chi connectivity index (χ3v) is 12.5. The molecule has 7 aromatic rings. The number of carboxylic acid groups (broad SMARTS) is 1. The fourth-order valence-corrected chi connectivity index (χ4v) is 9.31. The first-order valence-electron chi connectivity index (χ1n) is 20.6. The number of nitrogens with two attached hydrogens (primary N) is 1. The van der Waals surface area contributed by atoms with E-state index in [1.807, 2.05) is 48.7 Å². The first-order valence-corrected chi connectivity index (χ1v) is 21.8. The average Bonchev–Trinajstić information content (AvgIpc) is 4.14. The topological polar surface area (TPSA) is 225 Å². The molecule has 2 fully saturated rings. The standard InChI is InChI=1S/C27H27N5O4.C19H18AsN5O2/c1-35-26(33)20-13-18(11-12-22(20)31-27(34)36-15-17-7-3-2-4-8-17)21-14-32(19-9-5-6-10-19)25-23(21)24(28)29-16-30-25;20-17-16-14(11-5-6-15(24-19(26)27)12(7-11)8-21)9-25(13-3-1-2-4-13)18(16)23-10-22-17/h2-4,7-8,11-14,16,19H,5-6,9-10,15H2,1H3,(H,31,34)(H2,28,29,30);5-7,9-10,13,24H,1-4,20H2,(H,26,27). The number of nitrogen functional groups attached to an aromatic ring is 1. The molecule has 17 heteroatoms. The van der Waals surface area contributed by atoms with E-state index in [0.717, 1.165) is 80.0 Å². The number of benzene rings is 3. The van der Waals surface area contributed by atoms with E-state index in [2.05, 4.69) is 52.0 Å². The Bertz CT molecular complexity index is 2880. The molecule has 320 valence electrons. The van der Waals surface area contributed by atoms with Crippen LogP contribution in [0.15, 0.2) is 91.8 Å². The molecule has 5 N–H and O–H groups in total. The Morgan fingerprint density at radius 2 is 1.40 bits per heavy atom. The van der Waals surface area contributed by atoms with Crippen LogP contribution < -0.4 is 20.8 Å². The number of fused-ring (bicyclic) bond motifs is 2. The van der Waals surface area contributed by atoms with Gasteiger partial charge in [-0.1, -0.05) is 49.2 Å². The van der Waals surface area contributed by atoms with E-state index in [-0.39, 0.29) is 29.1 Å². The quantitative estimate of drug-likeness (QED) is 0.0805. The van der Waals surface area contributed by atoms with Gasteiger partial charge in [0.1, 0.15) is 24.4 Å². The Morgan fingerprint density at radius 1 is 0.810 bits per heavy atom. The number of hydrogen-bond donors (Lipinski definition) is 4. The van der Waals surface area contributed by atoms with E-state index in [1.54, 1.807) is 30.6 Å². The zero-order chi connectivity index (χ0) is 44.0. The summed E-state index contributed by atoms with van der Waals surface area (Å²) in [7, 11) is 1.30. The first kappa shape index (κ1) is 42.4. The molecule has 0 saturated heterocycles. The van der Waals surface area contributed by atoms with Gasteiger partial charge in [-0.3, -0.25) is 5.32 Å². The van der Waals surface area contributed by atoms with E-state index < -0.39 is 18.2 Å². The molecule has 4 aromatic heterocycles. The SMILES string of the molecule is COC(=O)c1cc(-c2cn(C3CCCC3)c3ncnc(N)c23)ccc1NC(=O)OCc1ccccc1.N#Cc1cc(-c2cn(C3CCCC3)c3ncnc([AsH2])c23)ccc1NC(=O)O. The second-order valence-electron chi connectivity index (χ2n) is 15.4. The van der Waals surface area contributed by atoms with Gasteiger partial charge in [-0.25, -0.2) is 19.6 Å². The first-order chi connectivity index (χ1) is 30.6. The van der Waals surface area contributed by atoms with Gasteiger partial charge in [0.25, 0.3) is 0 Å². The third-order valence-electron chi connectivity index (χ3n) is 11.6. The van der Waals surface area contributed by atoms with Crippen molar-refractivity contribution in [2.24, 2.45) is 0 Å². The van der Waals surface area contributed by atoms with Crippen molar-refractivity contribution in [3.63, 3.8) is 0 Å². The van der Waals surface area contributed by atoms with Crippen molar-refractivity contribution < 1.29 is 29.0 Å². The molecular weight excluding hydrogens is 863 g/mol. The molecule has 1 atom stereocenters. The molecular formula is C46H45AsN10O6. The number of rotatable bonds is 9. The van der Waals surface area contributed by atoms with Crippen molar-refractivity contribution in [2.75, 3.05) is 23.5 Å². The number of nitriles is 1. The third kappa shape index (κ3) is 9.05. The molecule has 0 radical (unpaired) electrons. The van der Waals surface area contributed by atoms with Crippen LogP contribution in [-0.4, -0.2) is 76.3 Å². The molecule has 2 aliphatic carbocycles. The summed E-state index contributed by atoms with van der Waals surface area (Å²) in [6, 6.07) is 22.5. The van der Waals surface area contributed by atoms with Crippen LogP contribution in [0.4, 0.5) is 26.8 Å². The van der Waals surface area contributed by atoms with Gasteiger partial charge in [-0.15, -0.1) is 0 Å². The number of carbonyl (C=O) groups is 3. The molecule has 9 rings (SSSR count). The zero-order valence-corrected chi connectivity index (χ0v) is 36.9. The molecule has 3 aromatic carbocycles. The van der Waals surface area contributed by atoms with E-state index in [1.165, 1.54) is 56.0 Å². The molecule has 0 spiro atoms. The molecule has 63 heavy (non-hydrogen) atoms. The molecule has 1 unspecified atom stereocenters. The maximum atomic E-state index is 12.7. The van der Waals surface area contributed by atoms with E-state index >= 15 is 0 Å². The van der Waals surface area contributed by atoms with Gasteiger partial charge in [0.05, 0.1) is 23.7 Å². The number of aromatic nitrogens is 6. The van der Waals surface area contributed by atoms with Crippen LogP contribution in [0.5, 0.6) is 0 Å². The summed E-state index contributed by atoms with van der Waals surface area (Å²) in [5.74, 6) is -0.211. The van der Waals surface area contributed by atoms with Crippen LogP contribution in [0.1, 0.15) is 84.9 Å². The molecule has 16 nitrogen and oxygen atoms in total. The summed E-state index contributed by atoms with van der Waals surface area (Å²) in [5.41, 5.74) is 13.3. The normalized spacial score (nSPS) is 13.9. The number of nitrogens with one attached hydrogen (secondary N) is 2. The van der Waals surface area contributed by atoms with Crippen LogP contribution in [-0.2, 0) is 16.1 Å². The Labute approximate surface area is 371 Å². The minimum atomic E-state index is -1.19. The van der Waals surface area contributed by atoms with Crippen molar-refractivity contribution in [3.05, 3.63) is 108 Å². The van der Waals surface area contributed by atoms with E-state index in [0.29, 0.717) is 17.9 Å². The molecule has 2 saturated carbocycles. The number of esters is 1. The maximum absolute atomic E-state index is 12.7. The number of ether oxygens (including phenoxy) is 2. The Balaban J connectivity index is 0.000000180. The molecule has 2 amide bonds. The second-order valence-corrected chi connectivity index (χ2v) is 16.6. The summed E-state index contributed by atoms with van der Waals surface area (Å²) >= 11 is 1.43. The molecule has 2 aliphatic rings. The van der Waals surface area contributed by atoms with Gasteiger partial charge in [-0.2, -0.15) is 0 Å². The predicted molar refractivity (Wildman–Crippen MR) is 241 cm³/mol. The number of carbonyl (C=O) groups excluding carboxylic acids is 2. The van der Waals surface area contributed by atoms with E-state index in [4.69, 9.17) is 20.3 Å². The van der Waals surface area contributed by atoms with E-state index in [9.17, 15) is 19.6 Å². The summed E-state index contributed by atoms with van der Waals surface area (Å²) < 4.78 is 15.7. The van der Waals surface area contributed by atoms with Crippen LogP contribution in [0.2, 0.25) is 0 Å². The molecule has 0 aliphatic heterocycles. The fraction of sp³-hybridized carbons (Fsp3) is 0.261. The van der Waals surface area contributed by atoms with Crippen LogP contribution in [0, 0.1) is 11.3 Å². The van der Waals surface area contributed by atoms with Crippen molar-refractivity contribution in [3.8, 4) is 28.3 Å². The number of hydrogen-bond acceptors (Lipinski definition) is 11. The van der Waals surface area contributed by atoms with Crippen LogP contribution in [0.25, 0.3) is 44.3 Å². The Hall–Kier alpha value is -7.24. The van der Waals surface area contributed by atoms with Gasteiger partial charge >= 0.3 is 176 Å². The summed E-state index contributed by atoms with van der Waals surface area (Å²) in [4.78, 5) is 53.7. The summed E-state index contributed by atoms with van der Waals surface area (Å²) in [6.45, 7) is 0.109. The van der Waals surface area contributed by atoms with Gasteiger partial charge in [0, 0.05) is 17.8 Å². The average molecular weight is 909 g/mol. The zero-order valence-electron chi connectivity index (χ0n) is 34.5. The van der Waals surface area contributed by atoms with Crippen LogP contribution >= 0.6 is 0 Å². The van der Waals surface area contributed by atoms with Gasteiger partial charge in [0.15, 0.2) is 0 Å². The van der Waals surface area contributed by atoms with Crippen molar-refractivity contribution in [2.45, 2.75) is 70.1 Å². The van der Waals surface area contributed by atoms with Crippen molar-refractivity contribution in [1.82, 2.24) is 29.1 Å². The number of amides is 2. The molecule has 4 heterocycles. The van der Waals surface area contributed by atoms with Gasteiger partial charge < -0.3 is 19.8 Å². The Morgan fingerprint density at radius 3 is 2.02 bits per heavy atom. The number of methoxy groups -OCH3 is 1. The van der Waals surface area contributed by atoms with Gasteiger partial charge in [-0.05, 0) is 36.1 Å². The summed E-state index contributed by atoms with van der Waals surface area (Å²) in [5, 5.41) is 25.0. The predicted octanol–water partition coefficient (Wildman–Crippen LogP) is 7.76. The van der Waals surface area contributed by atoms with Crippen molar-refractivity contribution in [1.29, 1.82) is 5.26 Å². The molecule has 0 bridgehead atoms. The Kier molecular flexibility index (Phi) is 12.7. The number of nitrogens with zero attached hydrogens (tertiary/aromatic N) is 7. The monoisotopic (exact) mass is 908 g/mol.